The average molecular weight is 182 g/mol. The smallest absolute Gasteiger partial charge is 0.205 e. The summed E-state index contributed by atoms with van der Waals surface area (Å²) in [4.78, 5) is 3.61. The first kappa shape index (κ1) is 7.71. The second-order valence-electron chi connectivity index (χ2n) is 2.03. The van der Waals surface area contributed by atoms with Gasteiger partial charge in [-0.05, 0) is 0 Å². The van der Waals surface area contributed by atoms with E-state index in [0.29, 0.717) is 0 Å². The van der Waals surface area contributed by atoms with Crippen LogP contribution in [0.2, 0.25) is 0 Å². The molecule has 1 heterocycles. The first-order chi connectivity index (χ1) is 4.46. The minimum Gasteiger partial charge on any atom is -0.205 e. The maximum absolute atomic E-state index is 10.8. The minimum atomic E-state index is -3.63. The van der Waals surface area contributed by atoms with Crippen LogP contribution in [0.1, 0.15) is 0 Å². The first-order valence-electron chi connectivity index (χ1n) is 2.48. The molecule has 0 fully saturated rings. The van der Waals surface area contributed by atoms with Crippen molar-refractivity contribution in [3.05, 3.63) is 12.4 Å². The second-order valence-corrected chi connectivity index (χ2v) is 4.81. The van der Waals surface area contributed by atoms with Gasteiger partial charge in [0.15, 0.2) is 0 Å². The van der Waals surface area contributed by atoms with Gasteiger partial charge in [0, 0.05) is 0 Å². The van der Waals surface area contributed by atoms with Crippen molar-refractivity contribution in [2.24, 2.45) is 4.99 Å². The van der Waals surface area contributed by atoms with Crippen molar-refractivity contribution in [2.75, 3.05) is 7.05 Å². The van der Waals surface area contributed by atoms with Crippen molar-refractivity contribution in [2.45, 2.75) is 0 Å². The minimum absolute atomic E-state index is 0.464. The normalized spacial score (nSPS) is 31.4. The predicted octanol–water partition coefficient (Wildman–Crippen LogP) is 0.430. The first-order valence-corrected chi connectivity index (χ1v) is 4.75. The molecule has 0 aromatic heterocycles. The van der Waals surface area contributed by atoms with E-state index in [2.05, 4.69) is 4.99 Å². The topological polar surface area (TPSA) is 46.5 Å². The number of rotatable bonds is 1. The highest BCUT2D eigenvalue weighted by atomic mass is 35.7. The molecule has 0 spiro atoms. The number of hydrogen-bond donors (Lipinski definition) is 0. The number of halogens is 1. The van der Waals surface area contributed by atoms with E-state index in [9.17, 15) is 8.42 Å². The fraction of sp³-hybridized carbons (Fsp3) is 0.250. The third-order valence-electron chi connectivity index (χ3n) is 1.21. The SMILES string of the molecule is C[N+]1(S(=O)(=O)Cl)C=CN=C1. The van der Waals surface area contributed by atoms with Gasteiger partial charge in [-0.2, -0.15) is 8.42 Å². The second kappa shape index (κ2) is 2.05. The number of quaternary nitrogens is 1. The van der Waals surface area contributed by atoms with E-state index < -0.39 is 13.1 Å². The van der Waals surface area contributed by atoms with Crippen LogP contribution in [0.15, 0.2) is 17.4 Å². The van der Waals surface area contributed by atoms with Crippen LogP contribution in [0.3, 0.4) is 0 Å². The molecule has 0 bridgehead atoms. The van der Waals surface area contributed by atoms with Gasteiger partial charge < -0.3 is 0 Å². The van der Waals surface area contributed by atoms with Crippen molar-refractivity contribution in [1.82, 2.24) is 0 Å². The Labute approximate surface area is 63.6 Å². The standard InChI is InChI=1S/C4H6ClN2O2S/c1-7(10(5,8)9)3-2-6-4-7/h2-4H,1H3/q+1. The van der Waals surface area contributed by atoms with Crippen molar-refractivity contribution >= 4 is 26.3 Å². The van der Waals surface area contributed by atoms with Crippen LogP contribution < -0.4 is 0 Å². The van der Waals surface area contributed by atoms with E-state index in [1.807, 2.05) is 0 Å². The fourth-order valence-electron chi connectivity index (χ4n) is 0.509. The Morgan fingerprint density at radius 2 is 2.20 bits per heavy atom. The predicted molar refractivity (Wildman–Crippen MR) is 38.6 cm³/mol. The highest BCUT2D eigenvalue weighted by Crippen LogP contribution is 2.17. The highest BCUT2D eigenvalue weighted by Gasteiger charge is 2.34. The maximum Gasteiger partial charge on any atom is 0.397 e. The van der Waals surface area contributed by atoms with E-state index in [1.165, 1.54) is 25.8 Å². The van der Waals surface area contributed by atoms with Gasteiger partial charge in [0.1, 0.15) is 6.20 Å². The summed E-state index contributed by atoms with van der Waals surface area (Å²) in [6, 6.07) is 0. The van der Waals surface area contributed by atoms with E-state index in [-0.39, 0.29) is 0 Å². The van der Waals surface area contributed by atoms with Crippen molar-refractivity contribution in [3.8, 4) is 0 Å². The zero-order valence-corrected chi connectivity index (χ0v) is 6.80. The van der Waals surface area contributed by atoms with Crippen molar-refractivity contribution < 1.29 is 12.3 Å². The molecule has 4 nitrogen and oxygen atoms in total. The molecule has 0 saturated heterocycles. The van der Waals surface area contributed by atoms with Crippen molar-refractivity contribution in [1.29, 1.82) is 0 Å². The Balaban J connectivity index is 3.14. The molecule has 0 saturated carbocycles. The van der Waals surface area contributed by atoms with Crippen LogP contribution in [0.4, 0.5) is 0 Å². The molecule has 0 aliphatic carbocycles. The van der Waals surface area contributed by atoms with Crippen LogP contribution in [-0.2, 0) is 9.24 Å². The van der Waals surface area contributed by atoms with Gasteiger partial charge >= 0.3 is 9.24 Å². The molecule has 1 rings (SSSR count). The van der Waals surface area contributed by atoms with Gasteiger partial charge in [-0.25, -0.2) is 4.99 Å². The zero-order valence-electron chi connectivity index (χ0n) is 5.23. The highest BCUT2D eigenvalue weighted by molar-refractivity contribution is 8.09. The molecule has 0 amide bonds. The van der Waals surface area contributed by atoms with Gasteiger partial charge in [0.2, 0.25) is 6.34 Å². The summed E-state index contributed by atoms with van der Waals surface area (Å²) in [6.45, 7) is 0. The Kier molecular flexibility index (Phi) is 1.58. The van der Waals surface area contributed by atoms with Crippen LogP contribution in [0, 0.1) is 0 Å². The monoisotopic (exact) mass is 181 g/mol. The molecule has 1 unspecified atom stereocenters. The Hall–Kier alpha value is -0.390. The van der Waals surface area contributed by atoms with Crippen LogP contribution in [0.5, 0.6) is 0 Å². The molecule has 0 N–H and O–H groups in total. The average Bonchev–Trinajstić information content (AvgIpc) is 2.13. The lowest BCUT2D eigenvalue weighted by Gasteiger charge is -2.14. The summed E-state index contributed by atoms with van der Waals surface area (Å²) in [5, 5.41) is 0. The lowest BCUT2D eigenvalue weighted by molar-refractivity contribution is -0.608. The Bertz CT molecular complexity index is 280. The molecule has 1 aliphatic rings. The Morgan fingerprint density at radius 1 is 1.60 bits per heavy atom. The van der Waals surface area contributed by atoms with E-state index in [1.54, 1.807) is 0 Å². The van der Waals surface area contributed by atoms with Crippen LogP contribution in [-0.4, -0.2) is 25.7 Å². The van der Waals surface area contributed by atoms with E-state index >= 15 is 0 Å². The molecule has 0 aromatic carbocycles. The van der Waals surface area contributed by atoms with Crippen LogP contribution in [0.25, 0.3) is 0 Å². The van der Waals surface area contributed by atoms with E-state index in [4.69, 9.17) is 10.7 Å². The third-order valence-corrected chi connectivity index (χ3v) is 3.26. The summed E-state index contributed by atoms with van der Waals surface area (Å²) < 4.78 is 21.0. The van der Waals surface area contributed by atoms with Gasteiger partial charge in [0.25, 0.3) is 0 Å². The maximum atomic E-state index is 10.8. The molecule has 1 atom stereocenters. The van der Waals surface area contributed by atoms with Crippen molar-refractivity contribution in [3.63, 3.8) is 0 Å². The van der Waals surface area contributed by atoms with Gasteiger partial charge in [-0.3, -0.25) is 0 Å². The molecule has 10 heavy (non-hydrogen) atoms. The van der Waals surface area contributed by atoms with E-state index in [0.717, 1.165) is 0 Å². The fourth-order valence-corrected chi connectivity index (χ4v) is 1.12. The number of nitrogens with zero attached hydrogens (tertiary/aromatic N) is 2. The van der Waals surface area contributed by atoms with Crippen LogP contribution >= 0.6 is 10.7 Å². The molecular formula is C4H6ClN2O2S+. The van der Waals surface area contributed by atoms with Gasteiger partial charge in [-0.15, -0.1) is 3.89 Å². The summed E-state index contributed by atoms with van der Waals surface area (Å²) in [7, 11) is 2.88. The lowest BCUT2D eigenvalue weighted by Crippen LogP contribution is -2.37. The number of hydrogen-bond acceptors (Lipinski definition) is 3. The molecule has 56 valence electrons. The molecular weight excluding hydrogens is 176 g/mol. The molecule has 0 aromatic rings. The quantitative estimate of drug-likeness (QED) is 0.435. The van der Waals surface area contributed by atoms with Gasteiger partial charge in [0.05, 0.1) is 23.9 Å². The largest absolute Gasteiger partial charge is 0.397 e. The summed E-state index contributed by atoms with van der Waals surface area (Å²) >= 11 is 0. The third kappa shape index (κ3) is 1.07. The summed E-state index contributed by atoms with van der Waals surface area (Å²) in [5.74, 6) is 0. The van der Waals surface area contributed by atoms with Gasteiger partial charge in [-0.1, -0.05) is 0 Å². The number of aliphatic imine (C=N–C) groups is 1. The lowest BCUT2D eigenvalue weighted by atomic mass is 10.8. The summed E-state index contributed by atoms with van der Waals surface area (Å²) in [6.07, 6.45) is 4.00. The Morgan fingerprint density at radius 3 is 2.40 bits per heavy atom. The zero-order chi connectivity index (χ0) is 7.83. The molecule has 6 heteroatoms. The molecule has 0 radical (unpaired) electrons. The molecule has 1 aliphatic heterocycles. The summed E-state index contributed by atoms with van der Waals surface area (Å²) in [5.41, 5.74) is 0.